The van der Waals surface area contributed by atoms with Gasteiger partial charge in [0.15, 0.2) is 17.3 Å². The van der Waals surface area contributed by atoms with Crippen LogP contribution in [0.15, 0.2) is 36.4 Å². The first-order valence-corrected chi connectivity index (χ1v) is 6.47. The summed E-state index contributed by atoms with van der Waals surface area (Å²) >= 11 is 0. The number of hydrogen-bond donors (Lipinski definition) is 0. The lowest BCUT2D eigenvalue weighted by atomic mass is 10.1. The molecule has 2 aromatic rings. The Bertz CT molecular complexity index is 647. The fraction of sp³-hybridized carbons (Fsp3) is 0.235. The highest BCUT2D eigenvalue weighted by atomic mass is 19.1. The van der Waals surface area contributed by atoms with Gasteiger partial charge in [0.05, 0.1) is 0 Å². The maximum Gasteiger partial charge on any atom is 0.165 e. The van der Waals surface area contributed by atoms with Crippen LogP contribution >= 0.6 is 0 Å². The van der Waals surface area contributed by atoms with E-state index in [-0.39, 0.29) is 11.5 Å². The van der Waals surface area contributed by atoms with Crippen molar-refractivity contribution in [2.45, 2.75) is 27.4 Å². The van der Waals surface area contributed by atoms with Gasteiger partial charge in [-0.2, -0.15) is 0 Å². The Labute approximate surface area is 118 Å². The average Bonchev–Trinajstić information content (AvgIpc) is 2.40. The van der Waals surface area contributed by atoms with Gasteiger partial charge < -0.3 is 4.74 Å². The topological polar surface area (TPSA) is 26.3 Å². The fourth-order valence-corrected chi connectivity index (χ4v) is 1.95. The van der Waals surface area contributed by atoms with Gasteiger partial charge in [-0.05, 0) is 50.1 Å². The summed E-state index contributed by atoms with van der Waals surface area (Å²) in [4.78, 5) is 11.2. The van der Waals surface area contributed by atoms with Gasteiger partial charge in [-0.25, -0.2) is 4.39 Å². The zero-order chi connectivity index (χ0) is 14.7. The van der Waals surface area contributed by atoms with Crippen molar-refractivity contribution < 1.29 is 13.9 Å². The molecule has 0 fully saturated rings. The molecule has 104 valence electrons. The molecule has 20 heavy (non-hydrogen) atoms. The first kappa shape index (κ1) is 14.3. The number of halogens is 1. The van der Waals surface area contributed by atoms with E-state index >= 15 is 0 Å². The summed E-state index contributed by atoms with van der Waals surface area (Å²) in [7, 11) is 0. The molecule has 0 spiro atoms. The number of ketones is 1. The van der Waals surface area contributed by atoms with E-state index in [1.807, 2.05) is 32.0 Å². The van der Waals surface area contributed by atoms with Gasteiger partial charge in [0, 0.05) is 5.56 Å². The molecule has 2 rings (SSSR count). The van der Waals surface area contributed by atoms with E-state index in [1.54, 1.807) is 6.07 Å². The van der Waals surface area contributed by atoms with Crippen LogP contribution in [0, 0.1) is 19.7 Å². The number of aryl methyl sites for hydroxylation is 2. The third-order valence-corrected chi connectivity index (χ3v) is 3.23. The van der Waals surface area contributed by atoms with Gasteiger partial charge in [0.2, 0.25) is 0 Å². The van der Waals surface area contributed by atoms with Gasteiger partial charge in [-0.15, -0.1) is 0 Å². The molecule has 0 amide bonds. The van der Waals surface area contributed by atoms with Crippen LogP contribution in [0.2, 0.25) is 0 Å². The molecular weight excluding hydrogens is 255 g/mol. The molecule has 3 heteroatoms. The van der Waals surface area contributed by atoms with Gasteiger partial charge in [-0.3, -0.25) is 4.79 Å². The van der Waals surface area contributed by atoms with Crippen LogP contribution in [-0.2, 0) is 6.61 Å². The molecule has 0 radical (unpaired) electrons. The van der Waals surface area contributed by atoms with E-state index in [9.17, 15) is 9.18 Å². The normalized spacial score (nSPS) is 10.4. The molecule has 0 saturated heterocycles. The van der Waals surface area contributed by atoms with Crippen LogP contribution in [0.3, 0.4) is 0 Å². The monoisotopic (exact) mass is 272 g/mol. The highest BCUT2D eigenvalue weighted by Crippen LogP contribution is 2.21. The minimum absolute atomic E-state index is 0.162. The van der Waals surface area contributed by atoms with Crippen LogP contribution in [0.1, 0.15) is 34.0 Å². The Morgan fingerprint density at radius 3 is 2.55 bits per heavy atom. The molecule has 0 atom stereocenters. The predicted molar refractivity (Wildman–Crippen MR) is 76.7 cm³/mol. The van der Waals surface area contributed by atoms with E-state index in [0.29, 0.717) is 12.2 Å². The highest BCUT2D eigenvalue weighted by Gasteiger charge is 2.08. The molecule has 2 aromatic carbocycles. The minimum atomic E-state index is -0.511. The molecule has 0 aromatic heterocycles. The Morgan fingerprint density at radius 2 is 1.90 bits per heavy atom. The number of ether oxygens (including phenoxy) is 1. The molecule has 2 nitrogen and oxygen atoms in total. The molecule has 0 bridgehead atoms. The largest absolute Gasteiger partial charge is 0.486 e. The molecular formula is C17H17FO2. The molecule has 0 saturated carbocycles. The Morgan fingerprint density at radius 1 is 1.15 bits per heavy atom. The first-order valence-electron chi connectivity index (χ1n) is 6.47. The molecule has 0 heterocycles. The Kier molecular flexibility index (Phi) is 4.18. The van der Waals surface area contributed by atoms with Crippen LogP contribution in [0.5, 0.6) is 5.75 Å². The lowest BCUT2D eigenvalue weighted by Crippen LogP contribution is -2.01. The van der Waals surface area contributed by atoms with Gasteiger partial charge in [0.25, 0.3) is 0 Å². The number of carbonyl (C=O) groups excluding carboxylic acids is 1. The van der Waals surface area contributed by atoms with Crippen molar-refractivity contribution in [1.29, 1.82) is 0 Å². The Balaban J connectivity index is 2.15. The van der Waals surface area contributed by atoms with Gasteiger partial charge >= 0.3 is 0 Å². The summed E-state index contributed by atoms with van der Waals surface area (Å²) in [6.07, 6.45) is 0. The first-order chi connectivity index (χ1) is 9.47. The summed E-state index contributed by atoms with van der Waals surface area (Å²) in [5.74, 6) is -0.510. The van der Waals surface area contributed by atoms with Crippen LogP contribution in [-0.4, -0.2) is 5.78 Å². The quantitative estimate of drug-likeness (QED) is 0.779. The molecule has 0 unspecified atom stereocenters. The number of Topliss-reactive ketones (excluding diaryl/α,β-unsaturated/α-hetero) is 1. The fourth-order valence-electron chi connectivity index (χ4n) is 1.95. The van der Waals surface area contributed by atoms with Crippen molar-refractivity contribution >= 4 is 5.78 Å². The smallest absolute Gasteiger partial charge is 0.165 e. The SMILES string of the molecule is CC(=O)c1ccc(OCc2cc(C)ccc2C)c(F)c1. The molecule has 0 aliphatic heterocycles. The van der Waals surface area contributed by atoms with E-state index in [0.717, 1.165) is 16.7 Å². The summed E-state index contributed by atoms with van der Waals surface area (Å²) < 4.78 is 19.3. The second-order valence-corrected chi connectivity index (χ2v) is 4.92. The molecule has 0 aliphatic rings. The Hall–Kier alpha value is -2.16. The second-order valence-electron chi connectivity index (χ2n) is 4.92. The van der Waals surface area contributed by atoms with Crippen molar-refractivity contribution in [2.75, 3.05) is 0 Å². The van der Waals surface area contributed by atoms with Crippen molar-refractivity contribution in [3.8, 4) is 5.75 Å². The lowest BCUT2D eigenvalue weighted by molar-refractivity contribution is 0.101. The summed E-state index contributed by atoms with van der Waals surface area (Å²) in [5, 5.41) is 0. The number of rotatable bonds is 4. The second kappa shape index (κ2) is 5.87. The summed E-state index contributed by atoms with van der Waals surface area (Å²) in [5.41, 5.74) is 3.62. The number of hydrogen-bond acceptors (Lipinski definition) is 2. The zero-order valence-electron chi connectivity index (χ0n) is 11.9. The third-order valence-electron chi connectivity index (χ3n) is 3.23. The van der Waals surface area contributed by atoms with Crippen molar-refractivity contribution in [3.63, 3.8) is 0 Å². The van der Waals surface area contributed by atoms with Crippen molar-refractivity contribution in [1.82, 2.24) is 0 Å². The highest BCUT2D eigenvalue weighted by molar-refractivity contribution is 5.94. The number of benzene rings is 2. The van der Waals surface area contributed by atoms with E-state index in [2.05, 4.69) is 0 Å². The van der Waals surface area contributed by atoms with E-state index in [1.165, 1.54) is 19.1 Å². The van der Waals surface area contributed by atoms with Gasteiger partial charge in [0.1, 0.15) is 6.61 Å². The maximum atomic E-state index is 13.8. The van der Waals surface area contributed by atoms with Crippen molar-refractivity contribution in [2.24, 2.45) is 0 Å². The average molecular weight is 272 g/mol. The summed E-state index contributed by atoms with van der Waals surface area (Å²) in [6, 6.07) is 10.4. The van der Waals surface area contributed by atoms with Crippen LogP contribution in [0.4, 0.5) is 4.39 Å². The number of carbonyl (C=O) groups is 1. The molecule has 0 aliphatic carbocycles. The predicted octanol–water partition coefficient (Wildman–Crippen LogP) is 4.22. The van der Waals surface area contributed by atoms with Crippen LogP contribution in [0.25, 0.3) is 0 Å². The zero-order valence-corrected chi connectivity index (χ0v) is 11.9. The maximum absolute atomic E-state index is 13.8. The minimum Gasteiger partial charge on any atom is -0.486 e. The van der Waals surface area contributed by atoms with E-state index in [4.69, 9.17) is 4.74 Å². The third kappa shape index (κ3) is 3.23. The summed E-state index contributed by atoms with van der Waals surface area (Å²) in [6.45, 7) is 5.72. The lowest BCUT2D eigenvalue weighted by Gasteiger charge is -2.10. The van der Waals surface area contributed by atoms with E-state index < -0.39 is 5.82 Å². The van der Waals surface area contributed by atoms with Gasteiger partial charge in [-0.1, -0.05) is 23.8 Å². The molecule has 0 N–H and O–H groups in total. The van der Waals surface area contributed by atoms with Crippen LogP contribution < -0.4 is 4.74 Å². The standard InChI is InChI=1S/C17H17FO2/c1-11-4-5-12(2)15(8-11)10-20-17-7-6-14(13(3)19)9-16(17)18/h4-9H,10H2,1-3H3. The van der Waals surface area contributed by atoms with Crippen molar-refractivity contribution in [3.05, 3.63) is 64.5 Å².